The number of benzene rings is 1. The Morgan fingerprint density at radius 1 is 1.42 bits per heavy atom. The Labute approximate surface area is 148 Å². The number of amides is 1. The summed E-state index contributed by atoms with van der Waals surface area (Å²) in [6.45, 7) is 5.53. The average molecular weight is 353 g/mol. The Bertz CT molecular complexity index is 594. The first-order chi connectivity index (χ1) is 11.5. The van der Waals surface area contributed by atoms with Crippen molar-refractivity contribution in [1.82, 2.24) is 5.32 Å². The predicted octanol–water partition coefficient (Wildman–Crippen LogP) is 3.22. The number of carbonyl (C=O) groups excluding carboxylic acids is 1. The standard InChI is InChI=1S/C18H25ClN2O3/c1-11(2)24-16-6-4-13(10-14(16)19)21-18(22)12-3-5-17-15(9-12)20-7-8-23-17/h4,6,10-12,15,17,20H,3,5,7-9H2,1-2H3,(H,21,22)/t12-,15+,17+/m0/s1. The van der Waals surface area contributed by atoms with Gasteiger partial charge < -0.3 is 20.1 Å². The zero-order chi connectivity index (χ0) is 17.1. The summed E-state index contributed by atoms with van der Waals surface area (Å²) in [6, 6.07) is 5.65. The van der Waals surface area contributed by atoms with Crippen LogP contribution in [0.4, 0.5) is 5.69 Å². The Balaban J connectivity index is 1.59. The van der Waals surface area contributed by atoms with Gasteiger partial charge in [0.2, 0.25) is 5.91 Å². The molecule has 0 bridgehead atoms. The molecular weight excluding hydrogens is 328 g/mol. The molecule has 1 saturated heterocycles. The van der Waals surface area contributed by atoms with Gasteiger partial charge in [-0.25, -0.2) is 0 Å². The molecular formula is C18H25ClN2O3. The molecule has 0 aromatic heterocycles. The van der Waals surface area contributed by atoms with E-state index in [-0.39, 0.29) is 30.1 Å². The lowest BCUT2D eigenvalue weighted by atomic mass is 9.82. The number of rotatable bonds is 4. The monoisotopic (exact) mass is 352 g/mol. The van der Waals surface area contributed by atoms with Crippen LogP contribution in [0.2, 0.25) is 5.02 Å². The molecule has 24 heavy (non-hydrogen) atoms. The maximum Gasteiger partial charge on any atom is 0.227 e. The summed E-state index contributed by atoms with van der Waals surface area (Å²) in [5.41, 5.74) is 0.705. The summed E-state index contributed by atoms with van der Waals surface area (Å²) in [7, 11) is 0. The molecule has 2 aliphatic rings. The molecule has 3 atom stereocenters. The van der Waals surface area contributed by atoms with Gasteiger partial charge >= 0.3 is 0 Å². The molecule has 0 unspecified atom stereocenters. The largest absolute Gasteiger partial charge is 0.489 e. The lowest BCUT2D eigenvalue weighted by molar-refractivity contribution is -0.123. The van der Waals surface area contributed by atoms with Crippen LogP contribution in [0.1, 0.15) is 33.1 Å². The van der Waals surface area contributed by atoms with Crippen LogP contribution in [0.25, 0.3) is 0 Å². The number of hydrogen-bond donors (Lipinski definition) is 2. The van der Waals surface area contributed by atoms with Gasteiger partial charge in [0.15, 0.2) is 0 Å². The minimum atomic E-state index is 0.00539. The van der Waals surface area contributed by atoms with E-state index < -0.39 is 0 Å². The van der Waals surface area contributed by atoms with E-state index in [4.69, 9.17) is 21.1 Å². The van der Waals surface area contributed by atoms with E-state index in [2.05, 4.69) is 10.6 Å². The van der Waals surface area contributed by atoms with Crippen LogP contribution in [-0.2, 0) is 9.53 Å². The van der Waals surface area contributed by atoms with Crippen LogP contribution < -0.4 is 15.4 Å². The zero-order valence-corrected chi connectivity index (χ0v) is 14.9. The molecule has 1 saturated carbocycles. The van der Waals surface area contributed by atoms with E-state index in [9.17, 15) is 4.79 Å². The first-order valence-electron chi connectivity index (χ1n) is 8.65. The number of ether oxygens (including phenoxy) is 2. The quantitative estimate of drug-likeness (QED) is 0.873. The van der Waals surface area contributed by atoms with E-state index in [0.717, 1.165) is 32.4 Å². The van der Waals surface area contributed by atoms with Crippen molar-refractivity contribution in [2.45, 2.75) is 51.4 Å². The highest BCUT2D eigenvalue weighted by molar-refractivity contribution is 6.32. The molecule has 6 heteroatoms. The molecule has 2 N–H and O–H groups in total. The molecule has 3 rings (SSSR count). The van der Waals surface area contributed by atoms with Gasteiger partial charge in [0.05, 0.1) is 23.8 Å². The van der Waals surface area contributed by atoms with E-state index in [1.165, 1.54) is 0 Å². The fraction of sp³-hybridized carbons (Fsp3) is 0.611. The predicted molar refractivity (Wildman–Crippen MR) is 94.7 cm³/mol. The minimum absolute atomic E-state index is 0.00539. The summed E-state index contributed by atoms with van der Waals surface area (Å²) in [5.74, 6) is 0.689. The highest BCUT2D eigenvalue weighted by atomic mass is 35.5. The molecule has 5 nitrogen and oxygen atoms in total. The van der Waals surface area contributed by atoms with Crippen LogP contribution in [0.15, 0.2) is 18.2 Å². The van der Waals surface area contributed by atoms with Crippen LogP contribution >= 0.6 is 11.6 Å². The Morgan fingerprint density at radius 2 is 2.25 bits per heavy atom. The topological polar surface area (TPSA) is 59.6 Å². The van der Waals surface area contributed by atoms with E-state index in [1.54, 1.807) is 12.1 Å². The smallest absolute Gasteiger partial charge is 0.227 e. The molecule has 0 spiro atoms. The lowest BCUT2D eigenvalue weighted by Crippen LogP contribution is -2.52. The van der Waals surface area contributed by atoms with Gasteiger partial charge in [-0.1, -0.05) is 11.6 Å². The van der Waals surface area contributed by atoms with Crippen molar-refractivity contribution in [1.29, 1.82) is 0 Å². The Kier molecular flexibility index (Phi) is 5.64. The summed E-state index contributed by atoms with van der Waals surface area (Å²) < 4.78 is 11.4. The van der Waals surface area contributed by atoms with Gasteiger partial charge in [-0.05, 0) is 51.3 Å². The fourth-order valence-electron chi connectivity index (χ4n) is 3.42. The summed E-state index contributed by atoms with van der Waals surface area (Å²) >= 11 is 6.23. The van der Waals surface area contributed by atoms with Gasteiger partial charge in [0.1, 0.15) is 5.75 Å². The molecule has 2 fully saturated rings. The van der Waals surface area contributed by atoms with Crippen LogP contribution in [0.3, 0.4) is 0 Å². The number of carbonyl (C=O) groups is 1. The molecule has 1 aromatic carbocycles. The highest BCUT2D eigenvalue weighted by Gasteiger charge is 2.35. The number of anilines is 1. The Hall–Kier alpha value is -1.30. The SMILES string of the molecule is CC(C)Oc1ccc(NC(=O)[C@H]2CC[C@H]3OCCN[C@@H]3C2)cc1Cl. The number of morpholine rings is 1. The van der Waals surface area contributed by atoms with Crippen molar-refractivity contribution in [2.75, 3.05) is 18.5 Å². The number of nitrogens with one attached hydrogen (secondary N) is 2. The van der Waals surface area contributed by atoms with Crippen molar-refractivity contribution in [3.63, 3.8) is 0 Å². The van der Waals surface area contributed by atoms with Crippen molar-refractivity contribution in [2.24, 2.45) is 5.92 Å². The van der Waals surface area contributed by atoms with Gasteiger partial charge in [-0.3, -0.25) is 4.79 Å². The summed E-state index contributed by atoms with van der Waals surface area (Å²) in [6.07, 6.45) is 2.92. The van der Waals surface area contributed by atoms with Gasteiger partial charge in [0.25, 0.3) is 0 Å². The van der Waals surface area contributed by atoms with Crippen LogP contribution in [-0.4, -0.2) is 37.3 Å². The van der Waals surface area contributed by atoms with E-state index in [1.807, 2.05) is 19.9 Å². The van der Waals surface area contributed by atoms with Crippen molar-refractivity contribution in [3.05, 3.63) is 23.2 Å². The molecule has 0 radical (unpaired) electrons. The van der Waals surface area contributed by atoms with Crippen LogP contribution in [0.5, 0.6) is 5.75 Å². The molecule has 1 aliphatic heterocycles. The Morgan fingerprint density at radius 3 is 3.00 bits per heavy atom. The molecule has 132 valence electrons. The summed E-state index contributed by atoms with van der Waals surface area (Å²) in [4.78, 5) is 12.6. The van der Waals surface area contributed by atoms with Gasteiger partial charge in [0, 0.05) is 24.2 Å². The third kappa shape index (κ3) is 4.21. The lowest BCUT2D eigenvalue weighted by Gasteiger charge is -2.39. The molecule has 1 aromatic rings. The second-order valence-corrected chi connectivity index (χ2v) is 7.19. The van der Waals surface area contributed by atoms with E-state index in [0.29, 0.717) is 16.5 Å². The van der Waals surface area contributed by atoms with Crippen LogP contribution in [0, 0.1) is 5.92 Å². The second-order valence-electron chi connectivity index (χ2n) is 6.78. The molecule has 1 heterocycles. The first-order valence-corrected chi connectivity index (χ1v) is 9.03. The van der Waals surface area contributed by atoms with Crippen molar-refractivity contribution < 1.29 is 14.3 Å². The zero-order valence-electron chi connectivity index (χ0n) is 14.2. The van der Waals surface area contributed by atoms with Gasteiger partial charge in [-0.15, -0.1) is 0 Å². The minimum Gasteiger partial charge on any atom is -0.489 e. The molecule has 1 amide bonds. The second kappa shape index (κ2) is 7.72. The summed E-state index contributed by atoms with van der Waals surface area (Å²) in [5, 5.41) is 6.95. The maximum atomic E-state index is 12.6. The van der Waals surface area contributed by atoms with Crippen molar-refractivity contribution in [3.8, 4) is 5.75 Å². The first kappa shape index (κ1) is 17.5. The van der Waals surface area contributed by atoms with Crippen molar-refractivity contribution >= 4 is 23.2 Å². The third-order valence-electron chi connectivity index (χ3n) is 4.56. The fourth-order valence-corrected chi connectivity index (χ4v) is 3.65. The number of halogens is 1. The number of hydrogen-bond acceptors (Lipinski definition) is 4. The van der Waals surface area contributed by atoms with E-state index >= 15 is 0 Å². The maximum absolute atomic E-state index is 12.6. The van der Waals surface area contributed by atoms with Gasteiger partial charge in [-0.2, -0.15) is 0 Å². The normalized spacial score (nSPS) is 26.8. The average Bonchev–Trinajstić information content (AvgIpc) is 2.56. The molecule has 1 aliphatic carbocycles. The number of fused-ring (bicyclic) bond motifs is 1. The third-order valence-corrected chi connectivity index (χ3v) is 4.86. The highest BCUT2D eigenvalue weighted by Crippen LogP contribution is 2.31.